The predicted molar refractivity (Wildman–Crippen MR) is 90.3 cm³/mol. The number of likely N-dealkylation sites (tertiary alicyclic amines) is 1. The Bertz CT molecular complexity index is 543. The maximum absolute atomic E-state index is 13.2. The van der Waals surface area contributed by atoms with Crippen molar-refractivity contribution in [1.82, 2.24) is 15.1 Å². The minimum atomic E-state index is -0.285. The number of carbonyl (C=O) groups excluding carboxylic acids is 1. The second-order valence-corrected chi connectivity index (χ2v) is 6.53. The van der Waals surface area contributed by atoms with E-state index in [2.05, 4.69) is 17.1 Å². The number of rotatable bonds is 4. The highest BCUT2D eigenvalue weighted by molar-refractivity contribution is 5.83. The second-order valence-electron chi connectivity index (χ2n) is 6.53. The van der Waals surface area contributed by atoms with Crippen LogP contribution in [0.4, 0.5) is 0 Å². The highest BCUT2D eigenvalue weighted by Crippen LogP contribution is 2.30. The number of nitrogens with one attached hydrogen (secondary N) is 1. The number of phenolic OH excluding ortho intramolecular Hbond substituents is 1. The van der Waals surface area contributed by atoms with Crippen LogP contribution < -0.4 is 5.32 Å². The van der Waals surface area contributed by atoms with Gasteiger partial charge in [-0.3, -0.25) is 9.69 Å². The number of phenols is 1. The van der Waals surface area contributed by atoms with Crippen molar-refractivity contribution in [3.05, 3.63) is 29.8 Å². The number of benzene rings is 1. The first-order valence-electron chi connectivity index (χ1n) is 8.75. The van der Waals surface area contributed by atoms with Gasteiger partial charge in [0, 0.05) is 38.8 Å². The third-order valence-corrected chi connectivity index (χ3v) is 5.04. The topological polar surface area (TPSA) is 55.8 Å². The largest absolute Gasteiger partial charge is 0.508 e. The number of hydrogen-bond acceptors (Lipinski definition) is 4. The summed E-state index contributed by atoms with van der Waals surface area (Å²) in [6, 6.07) is 7.27. The quantitative estimate of drug-likeness (QED) is 0.888. The minimum Gasteiger partial charge on any atom is -0.508 e. The smallest absolute Gasteiger partial charge is 0.244 e. The summed E-state index contributed by atoms with van der Waals surface area (Å²) >= 11 is 0. The fourth-order valence-corrected chi connectivity index (χ4v) is 3.78. The van der Waals surface area contributed by atoms with Gasteiger partial charge in [0.2, 0.25) is 5.91 Å². The van der Waals surface area contributed by atoms with Crippen molar-refractivity contribution >= 4 is 5.91 Å². The maximum Gasteiger partial charge on any atom is 0.244 e. The lowest BCUT2D eigenvalue weighted by atomic mass is 9.99. The molecule has 2 fully saturated rings. The van der Waals surface area contributed by atoms with Crippen molar-refractivity contribution in [3.63, 3.8) is 0 Å². The fraction of sp³-hybridized carbons (Fsp3) is 0.611. The zero-order valence-corrected chi connectivity index (χ0v) is 13.9. The van der Waals surface area contributed by atoms with Crippen LogP contribution in [0.15, 0.2) is 24.3 Å². The zero-order valence-electron chi connectivity index (χ0n) is 13.9. The predicted octanol–water partition coefficient (Wildman–Crippen LogP) is 1.74. The number of carbonyl (C=O) groups is 1. The second kappa shape index (κ2) is 7.32. The van der Waals surface area contributed by atoms with Crippen LogP contribution in [-0.2, 0) is 4.79 Å². The van der Waals surface area contributed by atoms with Gasteiger partial charge in [-0.15, -0.1) is 0 Å². The van der Waals surface area contributed by atoms with Gasteiger partial charge < -0.3 is 15.3 Å². The highest BCUT2D eigenvalue weighted by Gasteiger charge is 2.36. The van der Waals surface area contributed by atoms with Gasteiger partial charge in [-0.1, -0.05) is 19.1 Å². The molecule has 0 spiro atoms. The molecule has 2 heterocycles. The summed E-state index contributed by atoms with van der Waals surface area (Å²) in [5, 5.41) is 13.3. The first-order chi connectivity index (χ1) is 11.2. The van der Waals surface area contributed by atoms with Crippen LogP contribution in [0.5, 0.6) is 5.75 Å². The molecule has 0 aromatic heterocycles. The Labute approximate surface area is 138 Å². The van der Waals surface area contributed by atoms with E-state index < -0.39 is 0 Å². The van der Waals surface area contributed by atoms with E-state index in [1.54, 1.807) is 12.1 Å². The van der Waals surface area contributed by atoms with E-state index >= 15 is 0 Å². The highest BCUT2D eigenvalue weighted by atomic mass is 16.3. The molecule has 23 heavy (non-hydrogen) atoms. The Kier molecular flexibility index (Phi) is 5.18. The summed E-state index contributed by atoms with van der Waals surface area (Å²) < 4.78 is 0. The summed E-state index contributed by atoms with van der Waals surface area (Å²) in [7, 11) is 0. The third kappa shape index (κ3) is 3.51. The number of nitrogens with zero attached hydrogens (tertiary/aromatic N) is 2. The van der Waals surface area contributed by atoms with E-state index in [1.165, 1.54) is 0 Å². The van der Waals surface area contributed by atoms with Crippen LogP contribution in [0.2, 0.25) is 0 Å². The Balaban J connectivity index is 1.93. The van der Waals surface area contributed by atoms with Crippen LogP contribution >= 0.6 is 0 Å². The first-order valence-corrected chi connectivity index (χ1v) is 8.75. The maximum atomic E-state index is 13.2. The molecule has 5 nitrogen and oxygen atoms in total. The van der Waals surface area contributed by atoms with Gasteiger partial charge in [-0.25, -0.2) is 0 Å². The lowest BCUT2D eigenvalue weighted by Gasteiger charge is -2.41. The Morgan fingerprint density at radius 3 is 2.83 bits per heavy atom. The molecule has 2 aliphatic rings. The number of piperazine rings is 1. The van der Waals surface area contributed by atoms with Crippen LogP contribution in [0.25, 0.3) is 0 Å². The van der Waals surface area contributed by atoms with Crippen LogP contribution in [0.3, 0.4) is 0 Å². The molecule has 3 rings (SSSR count). The van der Waals surface area contributed by atoms with E-state index in [9.17, 15) is 9.90 Å². The Morgan fingerprint density at radius 2 is 2.13 bits per heavy atom. The molecule has 5 heteroatoms. The lowest BCUT2D eigenvalue weighted by Crippen LogP contribution is -2.55. The SMILES string of the molecule is CCC1CNCCN1C(C(=O)N1CCCC1)c1cccc(O)c1. The Morgan fingerprint density at radius 1 is 1.35 bits per heavy atom. The molecule has 2 unspecified atom stereocenters. The van der Waals surface area contributed by atoms with Crippen molar-refractivity contribution in [2.45, 2.75) is 38.3 Å². The van der Waals surface area contributed by atoms with Crippen molar-refractivity contribution in [2.75, 3.05) is 32.7 Å². The van der Waals surface area contributed by atoms with E-state index in [4.69, 9.17) is 0 Å². The standard InChI is InChI=1S/C18H27N3O2/c1-2-15-13-19-8-11-21(15)17(14-6-5-7-16(22)12-14)18(23)20-9-3-4-10-20/h5-7,12,15,17,19,22H,2-4,8-11,13H2,1H3. The van der Waals surface area contributed by atoms with Gasteiger partial charge in [0.15, 0.2) is 0 Å². The number of hydrogen-bond donors (Lipinski definition) is 2. The van der Waals surface area contributed by atoms with Crippen LogP contribution in [0, 0.1) is 0 Å². The summed E-state index contributed by atoms with van der Waals surface area (Å²) in [6.07, 6.45) is 3.20. The van der Waals surface area contributed by atoms with Gasteiger partial charge in [0.25, 0.3) is 0 Å². The molecule has 0 saturated carbocycles. The van der Waals surface area contributed by atoms with Gasteiger partial charge in [0.05, 0.1) is 0 Å². The van der Waals surface area contributed by atoms with Crippen molar-refractivity contribution in [3.8, 4) is 5.75 Å². The van der Waals surface area contributed by atoms with E-state index in [-0.39, 0.29) is 17.7 Å². The lowest BCUT2D eigenvalue weighted by molar-refractivity contribution is -0.137. The molecular formula is C18H27N3O2. The molecule has 1 amide bonds. The molecule has 0 radical (unpaired) electrons. The average molecular weight is 317 g/mol. The summed E-state index contributed by atoms with van der Waals surface area (Å²) in [6.45, 7) is 6.56. The van der Waals surface area contributed by atoms with Crippen LogP contribution in [0.1, 0.15) is 37.8 Å². The van der Waals surface area contributed by atoms with E-state index in [0.717, 1.165) is 57.5 Å². The molecule has 126 valence electrons. The zero-order chi connectivity index (χ0) is 16.2. The van der Waals surface area contributed by atoms with Crippen molar-refractivity contribution < 1.29 is 9.90 Å². The third-order valence-electron chi connectivity index (χ3n) is 5.04. The fourth-order valence-electron chi connectivity index (χ4n) is 3.78. The Hall–Kier alpha value is -1.59. The monoisotopic (exact) mass is 317 g/mol. The van der Waals surface area contributed by atoms with Crippen LogP contribution in [-0.4, -0.2) is 59.6 Å². The van der Waals surface area contributed by atoms with E-state index in [0.29, 0.717) is 6.04 Å². The van der Waals surface area contributed by atoms with Crippen molar-refractivity contribution in [1.29, 1.82) is 0 Å². The first kappa shape index (κ1) is 16.3. The summed E-state index contributed by atoms with van der Waals surface area (Å²) in [4.78, 5) is 17.5. The molecule has 1 aromatic carbocycles. The number of amides is 1. The normalized spacial score (nSPS) is 23.9. The molecule has 2 atom stereocenters. The van der Waals surface area contributed by atoms with E-state index in [1.807, 2.05) is 17.0 Å². The molecule has 1 aromatic rings. The summed E-state index contributed by atoms with van der Waals surface area (Å²) in [5.41, 5.74) is 0.905. The van der Waals surface area contributed by atoms with Gasteiger partial charge in [0.1, 0.15) is 11.8 Å². The molecular weight excluding hydrogens is 290 g/mol. The molecule has 2 saturated heterocycles. The minimum absolute atomic E-state index is 0.188. The molecule has 0 aliphatic carbocycles. The van der Waals surface area contributed by atoms with Crippen molar-refractivity contribution in [2.24, 2.45) is 0 Å². The van der Waals surface area contributed by atoms with Gasteiger partial charge >= 0.3 is 0 Å². The average Bonchev–Trinajstić information content (AvgIpc) is 3.10. The summed E-state index contributed by atoms with van der Waals surface area (Å²) in [5.74, 6) is 0.415. The molecule has 0 bridgehead atoms. The van der Waals surface area contributed by atoms with Gasteiger partial charge in [-0.05, 0) is 37.0 Å². The molecule has 2 aliphatic heterocycles. The van der Waals surface area contributed by atoms with Gasteiger partial charge in [-0.2, -0.15) is 0 Å². The molecule has 2 N–H and O–H groups in total. The number of aromatic hydroxyl groups is 1.